The number of ether oxygens (including phenoxy) is 1. The lowest BCUT2D eigenvalue weighted by Gasteiger charge is -2.52. The van der Waals surface area contributed by atoms with Crippen molar-refractivity contribution in [3.8, 4) is 11.5 Å². The lowest BCUT2D eigenvalue weighted by Crippen LogP contribution is -2.61. The molecule has 0 saturated carbocycles. The van der Waals surface area contributed by atoms with Gasteiger partial charge in [-0.2, -0.15) is 0 Å². The quantitative estimate of drug-likeness (QED) is 0.521. The van der Waals surface area contributed by atoms with Crippen molar-refractivity contribution in [2.75, 3.05) is 6.61 Å². The van der Waals surface area contributed by atoms with Crippen molar-refractivity contribution in [1.82, 2.24) is 4.90 Å². The third-order valence-electron chi connectivity index (χ3n) is 3.70. The van der Waals surface area contributed by atoms with Gasteiger partial charge in [0.05, 0.1) is 6.61 Å². The van der Waals surface area contributed by atoms with Crippen LogP contribution in [0, 0.1) is 11.5 Å². The standard InChI is InChI=1S/C18H31NO2Si/c1-9-21-16(20)19-17(2,3)13-15(14-18(19,4)5)11-10-12-22(6,7)8/h11H,9,13-14H2,1-8H3. The number of rotatable bonds is 1. The van der Waals surface area contributed by atoms with E-state index in [4.69, 9.17) is 4.74 Å². The topological polar surface area (TPSA) is 29.5 Å². The Morgan fingerprint density at radius 2 is 1.73 bits per heavy atom. The molecule has 22 heavy (non-hydrogen) atoms. The predicted molar refractivity (Wildman–Crippen MR) is 95.5 cm³/mol. The summed E-state index contributed by atoms with van der Waals surface area (Å²) in [5, 5.41) is 0. The second-order valence-electron chi connectivity index (χ2n) is 8.33. The van der Waals surface area contributed by atoms with Crippen LogP contribution in [0.15, 0.2) is 11.6 Å². The van der Waals surface area contributed by atoms with Gasteiger partial charge in [0, 0.05) is 11.1 Å². The summed E-state index contributed by atoms with van der Waals surface area (Å²) in [6.45, 7) is 17.4. The maximum absolute atomic E-state index is 12.3. The lowest BCUT2D eigenvalue weighted by molar-refractivity contribution is -0.00643. The summed E-state index contributed by atoms with van der Waals surface area (Å²) in [5.41, 5.74) is 4.18. The molecule has 0 aromatic carbocycles. The van der Waals surface area contributed by atoms with Gasteiger partial charge in [0.15, 0.2) is 0 Å². The van der Waals surface area contributed by atoms with E-state index in [9.17, 15) is 4.79 Å². The summed E-state index contributed by atoms with van der Waals surface area (Å²) < 4.78 is 5.26. The van der Waals surface area contributed by atoms with Gasteiger partial charge in [-0.05, 0) is 53.5 Å². The highest BCUT2D eigenvalue weighted by atomic mass is 28.3. The molecule has 0 radical (unpaired) electrons. The van der Waals surface area contributed by atoms with Gasteiger partial charge in [-0.3, -0.25) is 4.90 Å². The second-order valence-corrected chi connectivity index (χ2v) is 13.1. The summed E-state index contributed by atoms with van der Waals surface area (Å²) in [6, 6.07) is 0. The number of piperidine rings is 1. The van der Waals surface area contributed by atoms with Gasteiger partial charge < -0.3 is 4.74 Å². The van der Waals surface area contributed by atoms with E-state index in [-0.39, 0.29) is 17.2 Å². The van der Waals surface area contributed by atoms with E-state index in [1.807, 2.05) is 11.8 Å². The highest BCUT2D eigenvalue weighted by Gasteiger charge is 2.46. The molecule has 1 aliphatic rings. The molecule has 1 amide bonds. The number of nitrogens with zero attached hydrogens (tertiary/aromatic N) is 1. The molecule has 0 N–H and O–H groups in total. The average molecular weight is 322 g/mol. The number of likely N-dealkylation sites (tertiary alicyclic amines) is 1. The zero-order chi connectivity index (χ0) is 17.2. The molecule has 0 aromatic heterocycles. The van der Waals surface area contributed by atoms with Crippen molar-refractivity contribution in [2.45, 2.75) is 78.2 Å². The Hall–Kier alpha value is -1.21. The van der Waals surface area contributed by atoms with E-state index < -0.39 is 8.07 Å². The van der Waals surface area contributed by atoms with Crippen LogP contribution in [0.4, 0.5) is 4.79 Å². The van der Waals surface area contributed by atoms with Crippen LogP contribution < -0.4 is 0 Å². The highest BCUT2D eigenvalue weighted by Crippen LogP contribution is 2.41. The van der Waals surface area contributed by atoms with Crippen molar-refractivity contribution in [1.29, 1.82) is 0 Å². The third kappa shape index (κ3) is 4.91. The zero-order valence-electron chi connectivity index (χ0n) is 15.5. The van der Waals surface area contributed by atoms with Crippen LogP contribution in [0.25, 0.3) is 0 Å². The molecule has 3 nitrogen and oxygen atoms in total. The van der Waals surface area contributed by atoms with Crippen LogP contribution in [0.1, 0.15) is 47.5 Å². The summed E-state index contributed by atoms with van der Waals surface area (Å²) in [6.07, 6.45) is 3.54. The lowest BCUT2D eigenvalue weighted by atomic mass is 9.77. The smallest absolute Gasteiger partial charge is 0.410 e. The number of amides is 1. The minimum Gasteiger partial charge on any atom is -0.450 e. The molecular weight excluding hydrogens is 290 g/mol. The van der Waals surface area contributed by atoms with Crippen molar-refractivity contribution < 1.29 is 9.53 Å². The Morgan fingerprint density at radius 1 is 1.23 bits per heavy atom. The van der Waals surface area contributed by atoms with Crippen LogP contribution in [0.3, 0.4) is 0 Å². The second kappa shape index (κ2) is 6.50. The van der Waals surface area contributed by atoms with Crippen LogP contribution >= 0.6 is 0 Å². The highest BCUT2D eigenvalue weighted by molar-refractivity contribution is 6.83. The van der Waals surface area contributed by atoms with Gasteiger partial charge in [-0.25, -0.2) is 4.79 Å². The number of hydrogen-bond acceptors (Lipinski definition) is 2. The first-order valence-corrected chi connectivity index (χ1v) is 11.6. The number of allylic oxidation sites excluding steroid dienone is 1. The molecule has 1 rings (SSSR count). The Bertz CT molecular complexity index is 495. The molecule has 1 heterocycles. The molecule has 1 saturated heterocycles. The Morgan fingerprint density at radius 3 is 2.14 bits per heavy atom. The number of carbonyl (C=O) groups excluding carboxylic acids is 1. The van der Waals surface area contributed by atoms with E-state index in [2.05, 4.69) is 64.9 Å². The molecule has 0 spiro atoms. The molecule has 0 bridgehead atoms. The largest absolute Gasteiger partial charge is 0.450 e. The normalized spacial score (nSPS) is 20.0. The molecule has 0 aromatic rings. The molecular formula is C18H31NO2Si. The third-order valence-corrected chi connectivity index (χ3v) is 4.60. The van der Waals surface area contributed by atoms with E-state index in [1.54, 1.807) is 0 Å². The van der Waals surface area contributed by atoms with Crippen LogP contribution in [-0.2, 0) is 4.74 Å². The first-order chi connectivity index (χ1) is 9.89. The SMILES string of the molecule is CCOC(=O)N1C(C)(C)CC(=CC#C[Si](C)(C)C)CC1(C)C. The van der Waals surface area contributed by atoms with Gasteiger partial charge in [-0.15, -0.1) is 5.54 Å². The Labute approximate surface area is 137 Å². The summed E-state index contributed by atoms with van der Waals surface area (Å²) in [5.74, 6) is 3.25. The van der Waals surface area contributed by atoms with E-state index in [0.29, 0.717) is 6.61 Å². The fourth-order valence-corrected chi connectivity index (χ4v) is 3.80. The number of hydrogen-bond donors (Lipinski definition) is 0. The predicted octanol–water partition coefficient (Wildman–Crippen LogP) is 4.60. The number of carbonyl (C=O) groups is 1. The summed E-state index contributed by atoms with van der Waals surface area (Å²) >= 11 is 0. The van der Waals surface area contributed by atoms with Crippen molar-refractivity contribution >= 4 is 14.2 Å². The van der Waals surface area contributed by atoms with Crippen molar-refractivity contribution in [3.05, 3.63) is 11.6 Å². The fourth-order valence-electron chi connectivity index (χ4n) is 3.29. The molecule has 4 heteroatoms. The van der Waals surface area contributed by atoms with E-state index >= 15 is 0 Å². The average Bonchev–Trinajstić information content (AvgIpc) is 2.23. The Kier molecular flexibility index (Phi) is 5.56. The molecule has 1 aliphatic heterocycles. The molecule has 0 unspecified atom stereocenters. The van der Waals surface area contributed by atoms with Crippen molar-refractivity contribution in [2.24, 2.45) is 0 Å². The molecule has 1 fully saturated rings. The maximum Gasteiger partial charge on any atom is 0.410 e. The fraction of sp³-hybridized carbons (Fsp3) is 0.722. The minimum atomic E-state index is -1.35. The van der Waals surface area contributed by atoms with Gasteiger partial charge in [0.1, 0.15) is 8.07 Å². The van der Waals surface area contributed by atoms with Gasteiger partial charge in [0.25, 0.3) is 0 Å². The van der Waals surface area contributed by atoms with E-state index in [1.165, 1.54) is 5.57 Å². The van der Waals surface area contributed by atoms with Gasteiger partial charge in [0.2, 0.25) is 0 Å². The monoisotopic (exact) mass is 321 g/mol. The van der Waals surface area contributed by atoms with Gasteiger partial charge >= 0.3 is 6.09 Å². The molecule has 0 atom stereocenters. The Balaban J connectivity index is 3.05. The molecule has 0 aliphatic carbocycles. The maximum atomic E-state index is 12.3. The van der Waals surface area contributed by atoms with Gasteiger partial charge in [-0.1, -0.05) is 31.1 Å². The van der Waals surface area contributed by atoms with E-state index in [0.717, 1.165) is 12.8 Å². The van der Waals surface area contributed by atoms with Crippen LogP contribution in [0.5, 0.6) is 0 Å². The first-order valence-electron chi connectivity index (χ1n) is 8.07. The molecule has 124 valence electrons. The van der Waals surface area contributed by atoms with Crippen molar-refractivity contribution in [3.63, 3.8) is 0 Å². The van der Waals surface area contributed by atoms with Crippen LogP contribution in [0.2, 0.25) is 19.6 Å². The van der Waals surface area contributed by atoms with Crippen LogP contribution in [-0.4, -0.2) is 36.8 Å². The minimum absolute atomic E-state index is 0.218. The summed E-state index contributed by atoms with van der Waals surface area (Å²) in [4.78, 5) is 14.2. The summed E-state index contributed by atoms with van der Waals surface area (Å²) in [7, 11) is -1.35. The zero-order valence-corrected chi connectivity index (χ0v) is 16.5. The first kappa shape index (κ1) is 18.8.